The normalized spacial score (nSPS) is 13.6. The van der Waals surface area contributed by atoms with Gasteiger partial charge in [-0.05, 0) is 30.3 Å². The minimum atomic E-state index is -0.526. The fourth-order valence-electron chi connectivity index (χ4n) is 2.77. The molecule has 0 aliphatic carbocycles. The fraction of sp³-hybridized carbons (Fsp3) is 0.0526. The maximum Gasteiger partial charge on any atom is 0.279 e. The number of carbonyl (C=O) groups is 1. The first-order valence-electron chi connectivity index (χ1n) is 8.01. The number of pyridine rings is 1. The Balaban J connectivity index is 2.01. The topological polar surface area (TPSA) is 79.8 Å². The van der Waals surface area contributed by atoms with E-state index >= 15 is 0 Å². The SMILES string of the molecule is C=CCn1c(O)c(C2=c3cc(F)ccc3=NC2=O)s/c1=N/c1ccccn1. The average Bonchev–Trinajstić information content (AvgIpc) is 3.13. The van der Waals surface area contributed by atoms with E-state index in [2.05, 4.69) is 21.5 Å². The summed E-state index contributed by atoms with van der Waals surface area (Å²) < 4.78 is 15.2. The van der Waals surface area contributed by atoms with Gasteiger partial charge in [-0.25, -0.2) is 19.4 Å². The Kier molecular flexibility index (Phi) is 4.25. The van der Waals surface area contributed by atoms with Crippen LogP contribution in [0.25, 0.3) is 5.57 Å². The van der Waals surface area contributed by atoms with Crippen molar-refractivity contribution in [2.75, 3.05) is 0 Å². The Morgan fingerprint density at radius 2 is 2.19 bits per heavy atom. The molecule has 0 saturated carbocycles. The Hall–Kier alpha value is -3.39. The lowest BCUT2D eigenvalue weighted by molar-refractivity contribution is -0.112. The highest BCUT2D eigenvalue weighted by atomic mass is 32.1. The minimum Gasteiger partial charge on any atom is -0.493 e. The van der Waals surface area contributed by atoms with E-state index < -0.39 is 11.7 Å². The molecule has 0 saturated heterocycles. The second kappa shape index (κ2) is 6.73. The number of allylic oxidation sites excluding steroid dienone is 1. The lowest BCUT2D eigenvalue weighted by Gasteiger charge is -2.02. The zero-order valence-corrected chi connectivity index (χ0v) is 14.8. The van der Waals surface area contributed by atoms with Gasteiger partial charge in [-0.3, -0.25) is 9.36 Å². The van der Waals surface area contributed by atoms with Crippen LogP contribution in [0, 0.1) is 5.82 Å². The highest BCUT2D eigenvalue weighted by Crippen LogP contribution is 2.28. The van der Waals surface area contributed by atoms with Crippen LogP contribution < -0.4 is 15.4 Å². The van der Waals surface area contributed by atoms with E-state index in [1.165, 1.54) is 22.8 Å². The number of amides is 1. The number of aromatic nitrogens is 2. The lowest BCUT2D eigenvalue weighted by atomic mass is 10.1. The second-order valence-electron chi connectivity index (χ2n) is 5.69. The second-order valence-corrected chi connectivity index (χ2v) is 6.67. The van der Waals surface area contributed by atoms with Crippen molar-refractivity contribution in [1.82, 2.24) is 9.55 Å². The first-order chi connectivity index (χ1) is 13.1. The van der Waals surface area contributed by atoms with Crippen molar-refractivity contribution in [3.05, 3.63) is 81.3 Å². The van der Waals surface area contributed by atoms with Gasteiger partial charge in [0, 0.05) is 18.0 Å². The number of fused-ring (bicyclic) bond motifs is 1. The van der Waals surface area contributed by atoms with Crippen molar-refractivity contribution < 1.29 is 14.3 Å². The Labute approximate surface area is 156 Å². The number of carbonyl (C=O) groups excluding carboxylic acids is 1. The zero-order valence-electron chi connectivity index (χ0n) is 14.0. The molecule has 0 unspecified atom stereocenters. The molecule has 0 atom stereocenters. The molecule has 0 fully saturated rings. The summed E-state index contributed by atoms with van der Waals surface area (Å²) in [7, 11) is 0. The molecule has 1 aromatic carbocycles. The number of hydrogen-bond acceptors (Lipinski definition) is 5. The maximum atomic E-state index is 13.7. The summed E-state index contributed by atoms with van der Waals surface area (Å²) >= 11 is 1.11. The fourth-order valence-corrected chi connectivity index (χ4v) is 3.86. The molecule has 1 aliphatic heterocycles. The average molecular weight is 380 g/mol. The Morgan fingerprint density at radius 3 is 2.93 bits per heavy atom. The predicted molar refractivity (Wildman–Crippen MR) is 98.3 cm³/mol. The summed E-state index contributed by atoms with van der Waals surface area (Å²) in [6.45, 7) is 3.97. The Morgan fingerprint density at radius 1 is 1.33 bits per heavy atom. The molecule has 6 nitrogen and oxygen atoms in total. The van der Waals surface area contributed by atoms with Crippen LogP contribution >= 0.6 is 11.3 Å². The third-order valence-corrected chi connectivity index (χ3v) is 5.03. The molecule has 3 heterocycles. The summed E-state index contributed by atoms with van der Waals surface area (Å²) in [4.78, 5) is 25.7. The summed E-state index contributed by atoms with van der Waals surface area (Å²) in [5.41, 5.74) is 0.160. The molecular formula is C19H13FN4O2S. The van der Waals surface area contributed by atoms with Crippen LogP contribution in [0.3, 0.4) is 0 Å². The summed E-state index contributed by atoms with van der Waals surface area (Å²) in [6.07, 6.45) is 3.21. The lowest BCUT2D eigenvalue weighted by Crippen LogP contribution is -2.23. The summed E-state index contributed by atoms with van der Waals surface area (Å²) in [5, 5.41) is 11.5. The van der Waals surface area contributed by atoms with Gasteiger partial charge in [0.2, 0.25) is 5.88 Å². The molecule has 2 aromatic heterocycles. The zero-order chi connectivity index (χ0) is 19.0. The smallest absolute Gasteiger partial charge is 0.279 e. The van der Waals surface area contributed by atoms with Crippen LogP contribution in [0.5, 0.6) is 5.88 Å². The van der Waals surface area contributed by atoms with Gasteiger partial charge in [0.05, 0.1) is 10.9 Å². The minimum absolute atomic E-state index is 0.148. The van der Waals surface area contributed by atoms with Crippen LogP contribution in [-0.2, 0) is 11.3 Å². The van der Waals surface area contributed by atoms with Crippen LogP contribution in [0.2, 0.25) is 0 Å². The molecule has 1 aliphatic rings. The van der Waals surface area contributed by atoms with Crippen molar-refractivity contribution in [3.8, 4) is 5.88 Å². The molecule has 134 valence electrons. The summed E-state index contributed by atoms with van der Waals surface area (Å²) in [6, 6.07) is 9.22. The van der Waals surface area contributed by atoms with Gasteiger partial charge in [0.25, 0.3) is 5.91 Å². The quantitative estimate of drug-likeness (QED) is 0.698. The number of rotatable bonds is 4. The van der Waals surface area contributed by atoms with E-state index in [1.54, 1.807) is 30.5 Å². The van der Waals surface area contributed by atoms with Gasteiger partial charge in [-0.1, -0.05) is 23.5 Å². The highest BCUT2D eigenvalue weighted by Gasteiger charge is 2.25. The molecule has 1 amide bonds. The van der Waals surface area contributed by atoms with Crippen molar-refractivity contribution in [1.29, 1.82) is 0 Å². The molecule has 0 spiro atoms. The third kappa shape index (κ3) is 3.00. The largest absolute Gasteiger partial charge is 0.493 e. The molecule has 3 aromatic rings. The van der Waals surface area contributed by atoms with Gasteiger partial charge < -0.3 is 5.11 Å². The molecule has 27 heavy (non-hydrogen) atoms. The van der Waals surface area contributed by atoms with Crippen LogP contribution in [-0.4, -0.2) is 20.6 Å². The number of benzene rings is 1. The van der Waals surface area contributed by atoms with Crippen molar-refractivity contribution in [2.45, 2.75) is 6.54 Å². The van der Waals surface area contributed by atoms with Gasteiger partial charge in [0.15, 0.2) is 10.6 Å². The number of aromatic hydroxyl groups is 1. The molecular weight excluding hydrogens is 367 g/mol. The molecule has 1 N–H and O–H groups in total. The molecule has 8 heteroatoms. The van der Waals surface area contributed by atoms with Crippen molar-refractivity contribution >= 4 is 28.6 Å². The van der Waals surface area contributed by atoms with Crippen molar-refractivity contribution in [2.24, 2.45) is 9.98 Å². The number of hydrogen-bond donors (Lipinski definition) is 1. The van der Waals surface area contributed by atoms with E-state index in [4.69, 9.17) is 0 Å². The predicted octanol–water partition coefficient (Wildman–Crippen LogP) is 1.57. The number of thiazole rings is 1. The van der Waals surface area contributed by atoms with E-state index in [9.17, 15) is 14.3 Å². The summed E-state index contributed by atoms with van der Waals surface area (Å²) in [5.74, 6) is -0.695. The first kappa shape index (κ1) is 17.0. The van der Waals surface area contributed by atoms with Crippen LogP contribution in [0.4, 0.5) is 10.2 Å². The Bertz CT molecular complexity index is 1260. The van der Waals surface area contributed by atoms with E-state index in [1.807, 2.05) is 0 Å². The molecule has 4 rings (SSSR count). The third-order valence-electron chi connectivity index (χ3n) is 3.95. The van der Waals surface area contributed by atoms with Crippen LogP contribution in [0.1, 0.15) is 4.88 Å². The number of nitrogens with zero attached hydrogens (tertiary/aromatic N) is 4. The first-order valence-corrected chi connectivity index (χ1v) is 8.82. The number of halogens is 1. The van der Waals surface area contributed by atoms with Gasteiger partial charge in [-0.2, -0.15) is 0 Å². The van der Waals surface area contributed by atoms with E-state index in [0.717, 1.165) is 11.3 Å². The van der Waals surface area contributed by atoms with E-state index in [0.29, 0.717) is 21.2 Å². The van der Waals surface area contributed by atoms with Gasteiger partial charge >= 0.3 is 0 Å². The van der Waals surface area contributed by atoms with Gasteiger partial charge in [-0.15, -0.1) is 6.58 Å². The standard InChI is InChI=1S/C19H13FN4O2S/c1-2-9-24-18(26)16(27-19(24)23-14-5-3-4-8-21-14)15-12-10-11(20)6-7-13(12)22-17(15)25/h2-8,10,26H,1,9H2/b23-19+. The molecule has 0 radical (unpaired) electrons. The van der Waals surface area contributed by atoms with Crippen molar-refractivity contribution in [3.63, 3.8) is 0 Å². The highest BCUT2D eigenvalue weighted by molar-refractivity contribution is 7.11. The molecule has 0 bridgehead atoms. The maximum absolute atomic E-state index is 13.7. The van der Waals surface area contributed by atoms with Crippen LogP contribution in [0.15, 0.2) is 65.2 Å². The van der Waals surface area contributed by atoms with Gasteiger partial charge in [0.1, 0.15) is 10.7 Å². The van der Waals surface area contributed by atoms with E-state index in [-0.39, 0.29) is 22.9 Å². The monoisotopic (exact) mass is 380 g/mol.